The summed E-state index contributed by atoms with van der Waals surface area (Å²) in [5, 5.41) is 9.08. The third kappa shape index (κ3) is 7.48. The Hall–Kier alpha value is -1.36. The van der Waals surface area contributed by atoms with Crippen molar-refractivity contribution in [3.63, 3.8) is 0 Å². The van der Waals surface area contributed by atoms with Crippen LogP contribution in [0.25, 0.3) is 0 Å². The van der Waals surface area contributed by atoms with Gasteiger partial charge in [0, 0.05) is 24.7 Å². The molecule has 1 saturated heterocycles. The van der Waals surface area contributed by atoms with Crippen LogP contribution < -0.4 is 16.0 Å². The van der Waals surface area contributed by atoms with Crippen LogP contribution in [0.15, 0.2) is 29.3 Å². The predicted molar refractivity (Wildman–Crippen MR) is 115 cm³/mol. The maximum atomic E-state index is 12.1. The van der Waals surface area contributed by atoms with E-state index >= 15 is 0 Å². The van der Waals surface area contributed by atoms with Gasteiger partial charge in [0.05, 0.1) is 18.1 Å². The fourth-order valence-corrected chi connectivity index (χ4v) is 4.32. The van der Waals surface area contributed by atoms with E-state index in [1.165, 1.54) is 0 Å². The van der Waals surface area contributed by atoms with Crippen LogP contribution in [0.1, 0.15) is 29.3 Å². The van der Waals surface area contributed by atoms with Crippen LogP contribution in [-0.2, 0) is 9.84 Å². The minimum atomic E-state index is -2.93. The minimum Gasteiger partial charge on any atom is -0.357 e. The largest absolute Gasteiger partial charge is 0.357 e. The Morgan fingerprint density at radius 3 is 2.69 bits per heavy atom. The van der Waals surface area contributed by atoms with Gasteiger partial charge >= 0.3 is 0 Å². The second kappa shape index (κ2) is 10.7. The number of guanidine groups is 1. The van der Waals surface area contributed by atoms with Gasteiger partial charge in [-0.1, -0.05) is 17.7 Å². The minimum absolute atomic E-state index is 0. The van der Waals surface area contributed by atoms with Gasteiger partial charge in [0.2, 0.25) is 0 Å². The van der Waals surface area contributed by atoms with Crippen LogP contribution >= 0.6 is 24.0 Å². The molecule has 2 rings (SSSR count). The number of amides is 1. The van der Waals surface area contributed by atoms with Gasteiger partial charge in [-0.05, 0) is 32.4 Å². The third-order valence-corrected chi connectivity index (χ3v) is 5.63. The van der Waals surface area contributed by atoms with E-state index in [0.29, 0.717) is 37.6 Å². The van der Waals surface area contributed by atoms with E-state index in [1.807, 2.05) is 32.0 Å². The molecule has 0 spiro atoms. The number of nitrogens with one attached hydrogen (secondary N) is 3. The van der Waals surface area contributed by atoms with Crippen molar-refractivity contribution in [3.05, 3.63) is 35.4 Å². The molecule has 1 aliphatic heterocycles. The van der Waals surface area contributed by atoms with E-state index in [1.54, 1.807) is 6.07 Å². The first-order valence-corrected chi connectivity index (χ1v) is 10.3. The number of benzene rings is 1. The standard InChI is InChI=1S/C17H26N4O3S.HI/c1-3-18-17(21-15-7-10-25(23,24)12-15)20-9-8-19-16(22)14-6-4-5-13(2)11-14;/h4-6,11,15H,3,7-10,12H2,1-2H3,(H,19,22)(H2,18,20,21);1H. The highest BCUT2D eigenvalue weighted by Gasteiger charge is 2.28. The highest BCUT2D eigenvalue weighted by molar-refractivity contribution is 14.0. The van der Waals surface area contributed by atoms with Crippen molar-refractivity contribution in [3.8, 4) is 0 Å². The van der Waals surface area contributed by atoms with Crippen LogP contribution in [0.3, 0.4) is 0 Å². The summed E-state index contributed by atoms with van der Waals surface area (Å²) in [7, 11) is -2.93. The second-order valence-electron chi connectivity index (χ2n) is 6.13. The molecule has 0 radical (unpaired) electrons. The van der Waals surface area contributed by atoms with E-state index in [2.05, 4.69) is 20.9 Å². The summed E-state index contributed by atoms with van der Waals surface area (Å²) in [5.41, 5.74) is 1.67. The van der Waals surface area contributed by atoms with Crippen LogP contribution in [0.5, 0.6) is 0 Å². The van der Waals surface area contributed by atoms with Crippen molar-refractivity contribution in [1.82, 2.24) is 16.0 Å². The third-order valence-electron chi connectivity index (χ3n) is 3.87. The molecule has 9 heteroatoms. The van der Waals surface area contributed by atoms with Crippen molar-refractivity contribution in [2.45, 2.75) is 26.3 Å². The number of rotatable bonds is 6. The molecule has 0 saturated carbocycles. The van der Waals surface area contributed by atoms with Crippen LogP contribution in [-0.4, -0.2) is 57.5 Å². The van der Waals surface area contributed by atoms with Gasteiger partial charge in [0.1, 0.15) is 0 Å². The van der Waals surface area contributed by atoms with Crippen LogP contribution in [0.4, 0.5) is 0 Å². The maximum Gasteiger partial charge on any atom is 0.251 e. The van der Waals surface area contributed by atoms with Gasteiger partial charge in [-0.15, -0.1) is 24.0 Å². The summed E-state index contributed by atoms with van der Waals surface area (Å²) in [6, 6.07) is 7.30. The summed E-state index contributed by atoms with van der Waals surface area (Å²) in [4.78, 5) is 16.5. The molecule has 7 nitrogen and oxygen atoms in total. The SMILES string of the molecule is CCNC(=NCCNC(=O)c1cccc(C)c1)NC1CCS(=O)(=O)C1.I. The average Bonchev–Trinajstić information content (AvgIpc) is 2.90. The van der Waals surface area contributed by atoms with Crippen molar-refractivity contribution in [1.29, 1.82) is 0 Å². The summed E-state index contributed by atoms with van der Waals surface area (Å²) in [6.45, 7) is 5.39. The molecule has 3 N–H and O–H groups in total. The Labute approximate surface area is 172 Å². The lowest BCUT2D eigenvalue weighted by atomic mass is 10.1. The number of sulfone groups is 1. The van der Waals surface area contributed by atoms with Gasteiger partial charge in [-0.2, -0.15) is 0 Å². The average molecular weight is 494 g/mol. The Morgan fingerprint density at radius 2 is 2.08 bits per heavy atom. The molecular weight excluding hydrogens is 467 g/mol. The Morgan fingerprint density at radius 1 is 1.31 bits per heavy atom. The number of nitrogens with zero attached hydrogens (tertiary/aromatic N) is 1. The zero-order valence-electron chi connectivity index (χ0n) is 15.1. The number of carbonyl (C=O) groups is 1. The lowest BCUT2D eigenvalue weighted by Gasteiger charge is -2.15. The first-order valence-electron chi connectivity index (χ1n) is 8.50. The number of hydrogen-bond acceptors (Lipinski definition) is 4. The fraction of sp³-hybridized carbons (Fsp3) is 0.529. The molecule has 146 valence electrons. The number of aryl methyl sites for hydroxylation is 1. The van der Waals surface area contributed by atoms with E-state index in [4.69, 9.17) is 0 Å². The zero-order chi connectivity index (χ0) is 18.3. The fourth-order valence-electron chi connectivity index (χ4n) is 2.65. The monoisotopic (exact) mass is 494 g/mol. The Bertz CT molecular complexity index is 737. The van der Waals surface area contributed by atoms with Gasteiger partial charge < -0.3 is 16.0 Å². The van der Waals surface area contributed by atoms with Crippen LogP contribution in [0, 0.1) is 6.92 Å². The highest BCUT2D eigenvalue weighted by Crippen LogP contribution is 2.10. The van der Waals surface area contributed by atoms with Crippen molar-refractivity contribution in [2.75, 3.05) is 31.1 Å². The predicted octanol–water partition coefficient (Wildman–Crippen LogP) is 1.09. The van der Waals surface area contributed by atoms with Gasteiger partial charge in [-0.25, -0.2) is 8.42 Å². The normalized spacial score (nSPS) is 18.7. The lowest BCUT2D eigenvalue weighted by Crippen LogP contribution is -2.44. The van der Waals surface area contributed by atoms with Gasteiger partial charge in [0.25, 0.3) is 5.91 Å². The van der Waals surface area contributed by atoms with E-state index in [9.17, 15) is 13.2 Å². The van der Waals surface area contributed by atoms with E-state index in [-0.39, 0.29) is 47.4 Å². The summed E-state index contributed by atoms with van der Waals surface area (Å²) in [5.74, 6) is 0.811. The second-order valence-corrected chi connectivity index (χ2v) is 8.36. The van der Waals surface area contributed by atoms with Gasteiger partial charge in [-0.3, -0.25) is 9.79 Å². The van der Waals surface area contributed by atoms with Gasteiger partial charge in [0.15, 0.2) is 15.8 Å². The first kappa shape index (κ1) is 22.7. The zero-order valence-corrected chi connectivity index (χ0v) is 18.3. The molecule has 1 amide bonds. The molecule has 0 aromatic heterocycles. The number of aliphatic imine (C=N–C) groups is 1. The van der Waals surface area contributed by atoms with E-state index in [0.717, 1.165) is 5.56 Å². The molecular formula is C17H27IN4O3S. The number of carbonyl (C=O) groups excluding carboxylic acids is 1. The van der Waals surface area contributed by atoms with Crippen molar-refractivity contribution >= 4 is 45.7 Å². The Balaban J connectivity index is 0.00000338. The molecule has 1 aromatic carbocycles. The molecule has 1 heterocycles. The molecule has 1 aliphatic rings. The maximum absolute atomic E-state index is 12.1. The number of halogens is 1. The molecule has 1 aromatic rings. The number of hydrogen-bond donors (Lipinski definition) is 3. The van der Waals surface area contributed by atoms with Crippen LogP contribution in [0.2, 0.25) is 0 Å². The quantitative estimate of drug-likeness (QED) is 0.238. The summed E-state index contributed by atoms with van der Waals surface area (Å²) < 4.78 is 23.1. The first-order chi connectivity index (χ1) is 11.9. The smallest absolute Gasteiger partial charge is 0.251 e. The van der Waals surface area contributed by atoms with Crippen molar-refractivity contribution in [2.24, 2.45) is 4.99 Å². The summed E-state index contributed by atoms with van der Waals surface area (Å²) in [6.07, 6.45) is 0.594. The molecule has 1 fully saturated rings. The molecule has 1 unspecified atom stereocenters. The molecule has 0 bridgehead atoms. The molecule has 26 heavy (non-hydrogen) atoms. The van der Waals surface area contributed by atoms with Crippen molar-refractivity contribution < 1.29 is 13.2 Å². The topological polar surface area (TPSA) is 99.7 Å². The lowest BCUT2D eigenvalue weighted by molar-refractivity contribution is 0.0954. The summed E-state index contributed by atoms with van der Waals surface area (Å²) >= 11 is 0. The Kier molecular flexibility index (Phi) is 9.34. The highest BCUT2D eigenvalue weighted by atomic mass is 127. The van der Waals surface area contributed by atoms with E-state index < -0.39 is 9.84 Å². The molecule has 0 aliphatic carbocycles. The molecule has 1 atom stereocenters.